The minimum Gasteiger partial charge on any atom is -0.459 e. The van der Waals surface area contributed by atoms with Gasteiger partial charge in [-0.05, 0) is 32.9 Å². The van der Waals surface area contributed by atoms with Gasteiger partial charge in [-0.3, -0.25) is 9.59 Å². The molecular weight excluding hydrogens is 370 g/mol. The van der Waals surface area contributed by atoms with Crippen molar-refractivity contribution in [3.05, 3.63) is 33.3 Å². The number of nitrogens with zero attached hydrogens (tertiary/aromatic N) is 1. The van der Waals surface area contributed by atoms with Gasteiger partial charge in [-0.2, -0.15) is 18.4 Å². The summed E-state index contributed by atoms with van der Waals surface area (Å²) in [5.74, 6) is -4.16. The third-order valence-electron chi connectivity index (χ3n) is 2.65. The molecule has 0 saturated carbocycles. The summed E-state index contributed by atoms with van der Waals surface area (Å²) in [4.78, 5) is 24.3. The van der Waals surface area contributed by atoms with E-state index in [-0.39, 0.29) is 0 Å². The molecule has 130 valence electrons. The molecule has 1 aromatic rings. The molecule has 0 aliphatic heterocycles. The lowest BCUT2D eigenvalue weighted by atomic mass is 9.97. The quantitative estimate of drug-likeness (QED) is 0.433. The number of halogens is 5. The van der Waals surface area contributed by atoms with E-state index in [4.69, 9.17) is 33.2 Å². The van der Waals surface area contributed by atoms with Gasteiger partial charge in [0.05, 0.1) is 27.2 Å². The fourth-order valence-electron chi connectivity index (χ4n) is 1.70. The smallest absolute Gasteiger partial charge is 0.416 e. The van der Waals surface area contributed by atoms with E-state index in [0.717, 1.165) is 0 Å². The highest BCUT2D eigenvalue weighted by Crippen LogP contribution is 2.36. The SMILES string of the molecule is CC(C)(C)OC(=O)[C@H](C#N)C(=O)c1c(Cl)cc(C(F)(F)F)cc1Cl. The zero-order valence-corrected chi connectivity index (χ0v) is 14.3. The van der Waals surface area contributed by atoms with Gasteiger partial charge >= 0.3 is 12.1 Å². The number of benzene rings is 1. The van der Waals surface area contributed by atoms with Crippen LogP contribution < -0.4 is 0 Å². The molecule has 1 atom stereocenters. The summed E-state index contributed by atoms with van der Waals surface area (Å²) in [7, 11) is 0. The van der Waals surface area contributed by atoms with Crippen molar-refractivity contribution in [2.75, 3.05) is 0 Å². The molecule has 0 amide bonds. The molecule has 0 bridgehead atoms. The first-order valence-corrected chi connectivity index (χ1v) is 7.26. The Hall–Kier alpha value is -1.78. The van der Waals surface area contributed by atoms with E-state index in [2.05, 4.69) is 0 Å². The van der Waals surface area contributed by atoms with Crippen LogP contribution in [-0.2, 0) is 15.7 Å². The van der Waals surface area contributed by atoms with Gasteiger partial charge in [0.25, 0.3) is 0 Å². The van der Waals surface area contributed by atoms with Crippen molar-refractivity contribution in [1.29, 1.82) is 5.26 Å². The highest BCUT2D eigenvalue weighted by molar-refractivity contribution is 6.40. The van der Waals surface area contributed by atoms with Gasteiger partial charge < -0.3 is 4.74 Å². The van der Waals surface area contributed by atoms with Crippen molar-refractivity contribution in [2.45, 2.75) is 32.5 Å². The number of ether oxygens (including phenoxy) is 1. The summed E-state index contributed by atoms with van der Waals surface area (Å²) in [6, 6.07) is 2.47. The molecule has 9 heteroatoms. The minimum atomic E-state index is -4.71. The van der Waals surface area contributed by atoms with E-state index < -0.39 is 50.6 Å². The van der Waals surface area contributed by atoms with Gasteiger partial charge in [-0.1, -0.05) is 23.2 Å². The Morgan fingerprint density at radius 3 is 1.96 bits per heavy atom. The Bertz CT molecular complexity index is 695. The first-order valence-electron chi connectivity index (χ1n) is 6.51. The number of ketones is 1. The maximum atomic E-state index is 12.7. The van der Waals surface area contributed by atoms with Crippen molar-refractivity contribution >= 4 is 35.0 Å². The summed E-state index contributed by atoms with van der Waals surface area (Å²) in [6.07, 6.45) is -4.71. The number of carbonyl (C=O) groups excluding carboxylic acids is 2. The van der Waals surface area contributed by atoms with Crippen molar-refractivity contribution in [3.63, 3.8) is 0 Å². The average molecular weight is 382 g/mol. The zero-order valence-electron chi connectivity index (χ0n) is 12.8. The predicted octanol–water partition coefficient (Wildman–Crippen LogP) is 4.68. The van der Waals surface area contributed by atoms with E-state index in [1.165, 1.54) is 26.8 Å². The molecule has 0 aliphatic rings. The molecule has 24 heavy (non-hydrogen) atoms. The van der Waals surface area contributed by atoms with Crippen molar-refractivity contribution in [1.82, 2.24) is 0 Å². The number of hydrogen-bond donors (Lipinski definition) is 0. The topological polar surface area (TPSA) is 67.2 Å². The Morgan fingerprint density at radius 2 is 1.62 bits per heavy atom. The maximum absolute atomic E-state index is 12.7. The Balaban J connectivity index is 3.28. The van der Waals surface area contributed by atoms with Gasteiger partial charge in [-0.15, -0.1) is 0 Å². The first kappa shape index (κ1) is 20.3. The molecular formula is C15H12Cl2F3NO3. The van der Waals surface area contributed by atoms with Crippen LogP contribution in [0.25, 0.3) is 0 Å². The Labute approximate surface area is 146 Å². The van der Waals surface area contributed by atoms with Crippen molar-refractivity contribution in [3.8, 4) is 6.07 Å². The lowest BCUT2D eigenvalue weighted by Crippen LogP contribution is -2.32. The second kappa shape index (κ2) is 6.99. The fraction of sp³-hybridized carbons (Fsp3) is 0.400. The third kappa shape index (κ3) is 4.86. The molecule has 0 aliphatic carbocycles. The number of hydrogen-bond acceptors (Lipinski definition) is 4. The molecule has 1 rings (SSSR count). The van der Waals surface area contributed by atoms with Crippen molar-refractivity contribution < 1.29 is 27.5 Å². The van der Waals surface area contributed by atoms with Crippen molar-refractivity contribution in [2.24, 2.45) is 5.92 Å². The van der Waals surface area contributed by atoms with E-state index in [0.29, 0.717) is 12.1 Å². The summed E-state index contributed by atoms with van der Waals surface area (Å²) in [5.41, 5.74) is -2.65. The fourth-order valence-corrected chi connectivity index (χ4v) is 2.37. The second-order valence-corrected chi connectivity index (χ2v) is 6.59. The minimum absolute atomic E-state index is 0.504. The summed E-state index contributed by atoms with van der Waals surface area (Å²) >= 11 is 11.4. The lowest BCUT2D eigenvalue weighted by Gasteiger charge is -2.21. The molecule has 0 radical (unpaired) electrons. The summed E-state index contributed by atoms with van der Waals surface area (Å²) in [6.45, 7) is 4.59. The summed E-state index contributed by atoms with van der Waals surface area (Å²) < 4.78 is 43.0. The standard InChI is InChI=1S/C15H12Cl2F3NO3/c1-14(2,3)24-13(23)8(6-21)12(22)11-9(16)4-7(5-10(11)17)15(18,19)20/h4-5,8H,1-3H3/t8-/m1/s1. The van der Waals surface area contributed by atoms with Crippen LogP contribution in [0.4, 0.5) is 13.2 Å². The lowest BCUT2D eigenvalue weighted by molar-refractivity contribution is -0.156. The number of rotatable bonds is 3. The van der Waals surface area contributed by atoms with Gasteiger partial charge in [0.15, 0.2) is 5.78 Å². The highest BCUT2D eigenvalue weighted by atomic mass is 35.5. The van der Waals surface area contributed by atoms with Crippen LogP contribution in [0.15, 0.2) is 12.1 Å². The molecule has 0 unspecified atom stereocenters. The van der Waals surface area contributed by atoms with E-state index in [1.54, 1.807) is 0 Å². The second-order valence-electron chi connectivity index (χ2n) is 5.77. The monoisotopic (exact) mass is 381 g/mol. The molecule has 4 nitrogen and oxygen atoms in total. The zero-order chi connectivity index (χ0) is 18.9. The predicted molar refractivity (Wildman–Crippen MR) is 80.7 cm³/mol. The number of Topliss-reactive ketones (excluding diaryl/α,β-unsaturated/α-hetero) is 1. The molecule has 0 N–H and O–H groups in total. The normalized spacial score (nSPS) is 13.1. The molecule has 1 aromatic carbocycles. The third-order valence-corrected chi connectivity index (χ3v) is 3.25. The molecule has 0 heterocycles. The number of alkyl halides is 3. The Kier molecular flexibility index (Phi) is 5.91. The van der Waals surface area contributed by atoms with E-state index in [9.17, 15) is 22.8 Å². The van der Waals surface area contributed by atoms with Gasteiger partial charge in [0, 0.05) is 0 Å². The van der Waals surface area contributed by atoms with E-state index in [1.807, 2.05) is 0 Å². The molecule has 0 fully saturated rings. The number of carbonyl (C=O) groups is 2. The molecule has 0 aromatic heterocycles. The van der Waals surface area contributed by atoms with Crippen LogP contribution in [0.2, 0.25) is 10.0 Å². The van der Waals surface area contributed by atoms with Crippen LogP contribution in [-0.4, -0.2) is 17.4 Å². The molecule has 0 spiro atoms. The van der Waals surface area contributed by atoms with Gasteiger partial charge in [0.2, 0.25) is 5.92 Å². The van der Waals surface area contributed by atoms with Crippen LogP contribution in [0, 0.1) is 17.2 Å². The van der Waals surface area contributed by atoms with Gasteiger partial charge in [-0.25, -0.2) is 0 Å². The van der Waals surface area contributed by atoms with Crippen LogP contribution in [0.3, 0.4) is 0 Å². The number of esters is 1. The number of nitriles is 1. The highest BCUT2D eigenvalue weighted by Gasteiger charge is 2.37. The van der Waals surface area contributed by atoms with Crippen LogP contribution >= 0.6 is 23.2 Å². The van der Waals surface area contributed by atoms with Crippen LogP contribution in [0.5, 0.6) is 0 Å². The maximum Gasteiger partial charge on any atom is 0.416 e. The Morgan fingerprint density at radius 1 is 1.17 bits per heavy atom. The van der Waals surface area contributed by atoms with Gasteiger partial charge in [0.1, 0.15) is 5.60 Å². The molecule has 0 saturated heterocycles. The summed E-state index contributed by atoms with van der Waals surface area (Å²) in [5, 5.41) is 7.84. The average Bonchev–Trinajstić information content (AvgIpc) is 2.35. The van der Waals surface area contributed by atoms with Crippen LogP contribution in [0.1, 0.15) is 36.7 Å². The van der Waals surface area contributed by atoms with E-state index >= 15 is 0 Å². The largest absolute Gasteiger partial charge is 0.459 e. The first-order chi connectivity index (χ1) is 10.8.